The Morgan fingerprint density at radius 1 is 1.43 bits per heavy atom. The molecule has 0 saturated carbocycles. The van der Waals surface area contributed by atoms with Crippen LogP contribution in [0, 0.1) is 24.6 Å². The van der Waals surface area contributed by atoms with Crippen molar-refractivity contribution in [2.24, 2.45) is 0 Å². The fourth-order valence-corrected chi connectivity index (χ4v) is 2.06. The first-order valence-corrected chi connectivity index (χ1v) is 7.08. The maximum atomic E-state index is 13.2. The van der Waals surface area contributed by atoms with E-state index in [4.69, 9.17) is 4.74 Å². The number of para-hydroxylation sites is 1. The molecule has 1 heterocycles. The van der Waals surface area contributed by atoms with Crippen LogP contribution in [0.5, 0.6) is 5.75 Å². The van der Waals surface area contributed by atoms with Crippen LogP contribution in [0.15, 0.2) is 29.6 Å². The Labute approximate surface area is 126 Å². The van der Waals surface area contributed by atoms with E-state index in [9.17, 15) is 9.18 Å². The Kier molecular flexibility index (Phi) is 5.29. The van der Waals surface area contributed by atoms with E-state index in [1.165, 1.54) is 23.5 Å². The number of hydrogen-bond acceptors (Lipinski definition) is 4. The van der Waals surface area contributed by atoms with Gasteiger partial charge in [0, 0.05) is 5.38 Å². The standard InChI is InChI=1S/C15H13FN2O2S/c1-11-18-13(10-21-11)15(19)17-8-4-5-9-20-14-7-3-2-6-12(14)16/h2-3,6-7,10H,8-9H2,1H3,(H,17,19). The maximum absolute atomic E-state index is 13.2. The van der Waals surface area contributed by atoms with E-state index >= 15 is 0 Å². The highest BCUT2D eigenvalue weighted by Gasteiger charge is 2.07. The van der Waals surface area contributed by atoms with Crippen LogP contribution in [0.25, 0.3) is 0 Å². The molecule has 2 rings (SSSR count). The van der Waals surface area contributed by atoms with E-state index in [2.05, 4.69) is 22.1 Å². The molecule has 0 spiro atoms. The molecule has 0 aliphatic carbocycles. The van der Waals surface area contributed by atoms with Crippen molar-refractivity contribution in [1.82, 2.24) is 10.3 Å². The van der Waals surface area contributed by atoms with E-state index in [0.29, 0.717) is 5.69 Å². The van der Waals surface area contributed by atoms with Gasteiger partial charge in [0.05, 0.1) is 11.6 Å². The fourth-order valence-electron chi connectivity index (χ4n) is 1.47. The first-order chi connectivity index (χ1) is 10.2. The lowest BCUT2D eigenvalue weighted by Crippen LogP contribution is -2.23. The molecule has 0 atom stereocenters. The number of benzene rings is 1. The molecule has 4 nitrogen and oxygen atoms in total. The van der Waals surface area contributed by atoms with E-state index < -0.39 is 5.82 Å². The molecule has 0 unspecified atom stereocenters. The molecule has 108 valence electrons. The Bertz CT molecular complexity index is 688. The number of carbonyl (C=O) groups excluding carboxylic acids is 1. The van der Waals surface area contributed by atoms with Crippen LogP contribution in [-0.4, -0.2) is 24.0 Å². The molecule has 0 saturated heterocycles. The highest BCUT2D eigenvalue weighted by atomic mass is 32.1. The monoisotopic (exact) mass is 304 g/mol. The van der Waals surface area contributed by atoms with Crippen LogP contribution in [0.1, 0.15) is 15.5 Å². The van der Waals surface area contributed by atoms with E-state index in [1.54, 1.807) is 17.5 Å². The second-order valence-corrected chi connectivity index (χ2v) is 5.07. The van der Waals surface area contributed by atoms with E-state index in [-0.39, 0.29) is 24.8 Å². The van der Waals surface area contributed by atoms with Gasteiger partial charge < -0.3 is 10.1 Å². The molecule has 21 heavy (non-hydrogen) atoms. The summed E-state index contributed by atoms with van der Waals surface area (Å²) in [4.78, 5) is 15.7. The van der Waals surface area contributed by atoms with Crippen molar-refractivity contribution >= 4 is 17.2 Å². The van der Waals surface area contributed by atoms with Gasteiger partial charge in [0.1, 0.15) is 12.3 Å². The summed E-state index contributed by atoms with van der Waals surface area (Å²) >= 11 is 1.42. The van der Waals surface area contributed by atoms with Crippen LogP contribution in [-0.2, 0) is 0 Å². The zero-order valence-corrected chi connectivity index (χ0v) is 12.2. The van der Waals surface area contributed by atoms with Crippen molar-refractivity contribution in [1.29, 1.82) is 0 Å². The smallest absolute Gasteiger partial charge is 0.271 e. The second kappa shape index (κ2) is 7.41. The normalized spacial score (nSPS) is 9.62. The summed E-state index contributed by atoms with van der Waals surface area (Å²) in [5, 5.41) is 5.16. The number of rotatable bonds is 4. The average molecular weight is 304 g/mol. The summed E-state index contributed by atoms with van der Waals surface area (Å²) in [5.41, 5.74) is 0.391. The van der Waals surface area contributed by atoms with Gasteiger partial charge in [0.25, 0.3) is 5.91 Å². The van der Waals surface area contributed by atoms with Gasteiger partial charge >= 0.3 is 0 Å². The molecular formula is C15H13FN2O2S. The van der Waals surface area contributed by atoms with E-state index in [1.807, 2.05) is 6.92 Å². The number of nitrogens with zero attached hydrogens (tertiary/aromatic N) is 1. The minimum atomic E-state index is -0.425. The van der Waals surface area contributed by atoms with Crippen molar-refractivity contribution in [3.8, 4) is 17.6 Å². The van der Waals surface area contributed by atoms with Crippen molar-refractivity contribution in [2.75, 3.05) is 13.2 Å². The number of aromatic nitrogens is 1. The Morgan fingerprint density at radius 2 is 2.24 bits per heavy atom. The zero-order valence-electron chi connectivity index (χ0n) is 11.4. The SMILES string of the molecule is Cc1nc(C(=O)NCC#CCOc2ccccc2F)cs1. The number of carbonyl (C=O) groups is 1. The number of halogens is 1. The van der Waals surface area contributed by atoms with Crippen molar-refractivity contribution in [3.05, 3.63) is 46.2 Å². The van der Waals surface area contributed by atoms with Gasteiger partial charge in [-0.3, -0.25) is 4.79 Å². The molecule has 1 amide bonds. The fraction of sp³-hybridized carbons (Fsp3) is 0.200. The molecule has 0 bridgehead atoms. The number of hydrogen-bond donors (Lipinski definition) is 1. The van der Waals surface area contributed by atoms with Crippen LogP contribution in [0.3, 0.4) is 0 Å². The first-order valence-electron chi connectivity index (χ1n) is 6.20. The molecule has 0 aliphatic heterocycles. The number of amides is 1. The summed E-state index contributed by atoms with van der Waals surface area (Å²) in [6.07, 6.45) is 0. The minimum Gasteiger partial charge on any atom is -0.478 e. The van der Waals surface area contributed by atoms with Crippen LogP contribution < -0.4 is 10.1 Å². The highest BCUT2D eigenvalue weighted by Crippen LogP contribution is 2.14. The van der Waals surface area contributed by atoms with Crippen molar-refractivity contribution < 1.29 is 13.9 Å². The van der Waals surface area contributed by atoms with Gasteiger partial charge in [-0.25, -0.2) is 9.37 Å². The molecule has 6 heteroatoms. The van der Waals surface area contributed by atoms with E-state index in [0.717, 1.165) is 5.01 Å². The summed E-state index contributed by atoms with van der Waals surface area (Å²) in [5.74, 6) is 4.91. The lowest BCUT2D eigenvalue weighted by molar-refractivity contribution is 0.0954. The van der Waals surface area contributed by atoms with Crippen LogP contribution >= 0.6 is 11.3 Å². The molecule has 0 radical (unpaired) electrons. The van der Waals surface area contributed by atoms with Gasteiger partial charge in [-0.1, -0.05) is 24.0 Å². The van der Waals surface area contributed by atoms with Crippen molar-refractivity contribution in [2.45, 2.75) is 6.92 Å². The van der Waals surface area contributed by atoms with Gasteiger partial charge in [0.2, 0.25) is 0 Å². The molecule has 1 N–H and O–H groups in total. The van der Waals surface area contributed by atoms with Crippen LogP contribution in [0.2, 0.25) is 0 Å². The third-order valence-corrected chi connectivity index (χ3v) is 3.22. The Morgan fingerprint density at radius 3 is 2.95 bits per heavy atom. The minimum absolute atomic E-state index is 0.0621. The molecule has 1 aromatic heterocycles. The molecule has 1 aromatic carbocycles. The molecular weight excluding hydrogens is 291 g/mol. The van der Waals surface area contributed by atoms with Crippen LogP contribution in [0.4, 0.5) is 4.39 Å². The van der Waals surface area contributed by atoms with Gasteiger partial charge in [0.15, 0.2) is 11.6 Å². The van der Waals surface area contributed by atoms with Gasteiger partial charge in [-0.2, -0.15) is 0 Å². The first kappa shape index (κ1) is 15.0. The lowest BCUT2D eigenvalue weighted by Gasteiger charge is -2.02. The molecule has 0 aliphatic rings. The highest BCUT2D eigenvalue weighted by molar-refractivity contribution is 7.09. The third kappa shape index (κ3) is 4.58. The second-order valence-electron chi connectivity index (χ2n) is 4.01. The Balaban J connectivity index is 1.72. The van der Waals surface area contributed by atoms with Gasteiger partial charge in [-0.15, -0.1) is 11.3 Å². The summed E-state index contributed by atoms with van der Waals surface area (Å²) in [7, 11) is 0. The quantitative estimate of drug-likeness (QED) is 0.883. The average Bonchev–Trinajstić information content (AvgIpc) is 2.91. The zero-order chi connectivity index (χ0) is 15.1. The topological polar surface area (TPSA) is 51.2 Å². The summed E-state index contributed by atoms with van der Waals surface area (Å²) in [6.45, 7) is 2.09. The predicted octanol–water partition coefficient (Wildman–Crippen LogP) is 2.40. The number of thiazole rings is 1. The lowest BCUT2D eigenvalue weighted by atomic mass is 10.3. The van der Waals surface area contributed by atoms with Gasteiger partial charge in [-0.05, 0) is 19.1 Å². The Hall–Kier alpha value is -2.39. The largest absolute Gasteiger partial charge is 0.478 e. The van der Waals surface area contributed by atoms with Crippen molar-refractivity contribution in [3.63, 3.8) is 0 Å². The molecule has 2 aromatic rings. The number of aryl methyl sites for hydroxylation is 1. The summed E-state index contributed by atoms with van der Waals surface area (Å²) in [6, 6.07) is 6.12. The summed E-state index contributed by atoms with van der Waals surface area (Å²) < 4.78 is 18.4. The third-order valence-electron chi connectivity index (χ3n) is 2.45. The number of ether oxygens (including phenoxy) is 1. The number of nitrogens with one attached hydrogen (secondary N) is 1. The molecule has 0 fully saturated rings. The predicted molar refractivity (Wildman–Crippen MR) is 78.9 cm³/mol. The maximum Gasteiger partial charge on any atom is 0.271 e.